The van der Waals surface area contributed by atoms with E-state index in [4.69, 9.17) is 0 Å². The van der Waals surface area contributed by atoms with Gasteiger partial charge in [0.05, 0.1) is 0 Å². The van der Waals surface area contributed by atoms with Crippen LogP contribution in [0.2, 0.25) is 0 Å². The lowest BCUT2D eigenvalue weighted by atomic mass is 10.1. The summed E-state index contributed by atoms with van der Waals surface area (Å²) in [6, 6.07) is 5.84. The highest BCUT2D eigenvalue weighted by atomic mass is 19.4. The number of benzene rings is 1. The van der Waals surface area contributed by atoms with Crippen LogP contribution < -0.4 is 4.74 Å². The molecule has 0 spiro atoms. The Morgan fingerprint density at radius 1 is 1.00 bits per heavy atom. The molecule has 0 fully saturated rings. The lowest BCUT2D eigenvalue weighted by Gasteiger charge is -2.12. The van der Waals surface area contributed by atoms with Crippen molar-refractivity contribution in [3.63, 3.8) is 0 Å². The van der Waals surface area contributed by atoms with Crippen LogP contribution in [0.15, 0.2) is 43.0 Å². The minimum Gasteiger partial charge on any atom is -0.405 e. The van der Waals surface area contributed by atoms with Crippen LogP contribution in [-0.4, -0.2) is 16.3 Å². The van der Waals surface area contributed by atoms with Crippen LogP contribution in [0.1, 0.15) is 0 Å². The van der Waals surface area contributed by atoms with Crippen LogP contribution in [0.4, 0.5) is 13.2 Å². The van der Waals surface area contributed by atoms with Crippen LogP contribution in [0, 0.1) is 0 Å². The van der Waals surface area contributed by atoms with Gasteiger partial charge >= 0.3 is 6.36 Å². The first-order valence-electron chi connectivity index (χ1n) is 4.66. The molecule has 1 aromatic carbocycles. The second-order valence-electron chi connectivity index (χ2n) is 3.17. The van der Waals surface area contributed by atoms with Crippen molar-refractivity contribution in [3.05, 3.63) is 43.0 Å². The maximum atomic E-state index is 12.2. The molecule has 0 bridgehead atoms. The fraction of sp³-hybridized carbons (Fsp3) is 0.0909. The molecule has 0 unspecified atom stereocenters. The fourth-order valence-electron chi connectivity index (χ4n) is 1.36. The highest BCUT2D eigenvalue weighted by Gasteiger charge is 2.32. The number of ether oxygens (including phenoxy) is 1. The number of aromatic nitrogens is 2. The summed E-state index contributed by atoms with van der Waals surface area (Å²) in [5.74, 6) is -0.269. The average Bonchev–Trinajstić information content (AvgIpc) is 2.29. The van der Waals surface area contributed by atoms with Gasteiger partial charge in [0.1, 0.15) is 12.1 Å². The normalized spacial score (nSPS) is 11.2. The number of alkyl halides is 3. The quantitative estimate of drug-likeness (QED) is 0.809. The van der Waals surface area contributed by atoms with Gasteiger partial charge in [-0.25, -0.2) is 9.97 Å². The molecule has 88 valence electrons. The van der Waals surface area contributed by atoms with E-state index < -0.39 is 6.36 Å². The smallest absolute Gasteiger partial charge is 0.405 e. The van der Waals surface area contributed by atoms with Crippen molar-refractivity contribution in [2.45, 2.75) is 6.36 Å². The zero-order valence-electron chi connectivity index (χ0n) is 8.48. The van der Waals surface area contributed by atoms with Gasteiger partial charge in [-0.05, 0) is 6.07 Å². The number of rotatable bonds is 2. The van der Waals surface area contributed by atoms with Crippen molar-refractivity contribution < 1.29 is 17.9 Å². The van der Waals surface area contributed by atoms with Gasteiger partial charge in [0.15, 0.2) is 0 Å². The summed E-state index contributed by atoms with van der Waals surface area (Å²) in [5.41, 5.74) is 0.762. The zero-order chi connectivity index (χ0) is 12.3. The predicted octanol–water partition coefficient (Wildman–Crippen LogP) is 3.04. The van der Waals surface area contributed by atoms with E-state index >= 15 is 0 Å². The van der Waals surface area contributed by atoms with Gasteiger partial charge in [-0.15, -0.1) is 13.2 Å². The molecule has 6 heteroatoms. The van der Waals surface area contributed by atoms with E-state index in [1.165, 1.54) is 36.9 Å². The van der Waals surface area contributed by atoms with Crippen molar-refractivity contribution in [2.75, 3.05) is 0 Å². The first-order valence-corrected chi connectivity index (χ1v) is 4.66. The van der Waals surface area contributed by atoms with Gasteiger partial charge in [0.25, 0.3) is 0 Å². The number of hydrogen-bond donors (Lipinski definition) is 0. The molecule has 0 radical (unpaired) electrons. The Balaban J connectivity index is 2.41. The van der Waals surface area contributed by atoms with Crippen molar-refractivity contribution in [3.8, 4) is 16.9 Å². The molecule has 0 saturated carbocycles. The van der Waals surface area contributed by atoms with E-state index in [0.29, 0.717) is 11.1 Å². The molecule has 1 aromatic heterocycles. The molecule has 0 atom stereocenters. The van der Waals surface area contributed by atoms with Crippen LogP contribution in [0.3, 0.4) is 0 Å². The van der Waals surface area contributed by atoms with Gasteiger partial charge in [0.2, 0.25) is 0 Å². The van der Waals surface area contributed by atoms with E-state index in [0.717, 1.165) is 0 Å². The molecule has 0 aliphatic carbocycles. The maximum absolute atomic E-state index is 12.2. The van der Waals surface area contributed by atoms with Crippen LogP contribution >= 0.6 is 0 Å². The number of para-hydroxylation sites is 1. The maximum Gasteiger partial charge on any atom is 0.573 e. The fourth-order valence-corrected chi connectivity index (χ4v) is 1.36. The predicted molar refractivity (Wildman–Crippen MR) is 54.2 cm³/mol. The Hall–Kier alpha value is -2.11. The summed E-state index contributed by atoms with van der Waals surface area (Å²) in [6.45, 7) is 0. The zero-order valence-corrected chi connectivity index (χ0v) is 8.48. The molecule has 0 N–H and O–H groups in total. The summed E-state index contributed by atoms with van der Waals surface area (Å²) < 4.78 is 40.5. The summed E-state index contributed by atoms with van der Waals surface area (Å²) in [4.78, 5) is 7.50. The Bertz CT molecular complexity index is 500. The number of halogens is 3. The summed E-state index contributed by atoms with van der Waals surface area (Å²) >= 11 is 0. The van der Waals surface area contributed by atoms with E-state index in [2.05, 4.69) is 14.7 Å². The number of nitrogens with zero attached hydrogens (tertiary/aromatic N) is 2. The minimum absolute atomic E-state index is 0.269. The van der Waals surface area contributed by atoms with Crippen molar-refractivity contribution >= 4 is 0 Å². The number of hydrogen-bond acceptors (Lipinski definition) is 3. The lowest BCUT2D eigenvalue weighted by molar-refractivity contribution is -0.274. The molecule has 2 aromatic rings. The highest BCUT2D eigenvalue weighted by Crippen LogP contribution is 2.32. The van der Waals surface area contributed by atoms with Crippen LogP contribution in [-0.2, 0) is 0 Å². The van der Waals surface area contributed by atoms with Gasteiger partial charge in [0, 0.05) is 23.5 Å². The minimum atomic E-state index is -4.72. The van der Waals surface area contributed by atoms with E-state index in [1.807, 2.05) is 0 Å². The largest absolute Gasteiger partial charge is 0.573 e. The molecular formula is C11H7F3N2O. The first-order chi connectivity index (χ1) is 8.06. The monoisotopic (exact) mass is 240 g/mol. The second-order valence-corrected chi connectivity index (χ2v) is 3.17. The third kappa shape index (κ3) is 2.93. The molecular weight excluding hydrogens is 233 g/mol. The molecule has 1 heterocycles. The molecule has 0 aliphatic rings. The van der Waals surface area contributed by atoms with E-state index in [1.54, 1.807) is 6.07 Å². The van der Waals surface area contributed by atoms with Gasteiger partial charge in [-0.2, -0.15) is 0 Å². The molecule has 2 rings (SSSR count). The molecule has 0 aliphatic heterocycles. The van der Waals surface area contributed by atoms with E-state index in [9.17, 15) is 13.2 Å². The molecule has 0 saturated heterocycles. The summed E-state index contributed by atoms with van der Waals surface area (Å²) in [7, 11) is 0. The van der Waals surface area contributed by atoms with Gasteiger partial charge in [-0.3, -0.25) is 0 Å². The molecule has 3 nitrogen and oxygen atoms in total. The van der Waals surface area contributed by atoms with Crippen molar-refractivity contribution in [1.29, 1.82) is 0 Å². The standard InChI is InChI=1S/C11H7F3N2O/c12-11(13,14)17-10-4-2-1-3-9(10)8-5-15-7-16-6-8/h1-7H. The first kappa shape index (κ1) is 11.4. The summed E-state index contributed by atoms with van der Waals surface area (Å²) in [6.07, 6.45) is -0.570. The topological polar surface area (TPSA) is 35.0 Å². The SMILES string of the molecule is FC(F)(F)Oc1ccccc1-c1cncnc1. The van der Waals surface area contributed by atoms with Crippen molar-refractivity contribution in [2.24, 2.45) is 0 Å². The molecule has 17 heavy (non-hydrogen) atoms. The van der Waals surface area contributed by atoms with Crippen LogP contribution in [0.5, 0.6) is 5.75 Å². The summed E-state index contributed by atoms with van der Waals surface area (Å²) in [5, 5.41) is 0. The lowest BCUT2D eigenvalue weighted by Crippen LogP contribution is -2.17. The van der Waals surface area contributed by atoms with Gasteiger partial charge in [-0.1, -0.05) is 18.2 Å². The van der Waals surface area contributed by atoms with Crippen molar-refractivity contribution in [1.82, 2.24) is 9.97 Å². The Labute approximate surface area is 94.9 Å². The highest BCUT2D eigenvalue weighted by molar-refractivity contribution is 5.68. The third-order valence-corrected chi connectivity index (χ3v) is 1.98. The average molecular weight is 240 g/mol. The molecule has 0 amide bonds. The third-order valence-electron chi connectivity index (χ3n) is 1.98. The Morgan fingerprint density at radius 3 is 2.29 bits per heavy atom. The second kappa shape index (κ2) is 4.40. The van der Waals surface area contributed by atoms with E-state index in [-0.39, 0.29) is 5.75 Å². The Morgan fingerprint density at radius 2 is 1.65 bits per heavy atom. The van der Waals surface area contributed by atoms with Gasteiger partial charge < -0.3 is 4.74 Å². The van der Waals surface area contributed by atoms with Crippen LogP contribution in [0.25, 0.3) is 11.1 Å². The Kier molecular flexibility index (Phi) is 2.95.